The predicted molar refractivity (Wildman–Crippen MR) is 60.0 cm³/mol. The third-order valence-corrected chi connectivity index (χ3v) is 4.92. The van der Waals surface area contributed by atoms with Gasteiger partial charge in [0.05, 0.1) is 0 Å². The Morgan fingerprint density at radius 2 is 0.800 bits per heavy atom. The van der Waals surface area contributed by atoms with Crippen LogP contribution in [0.3, 0.4) is 0 Å². The maximum absolute atomic E-state index is 5.49. The molecule has 0 rings (SSSR count). The lowest BCUT2D eigenvalue weighted by Crippen LogP contribution is -1.91. The first-order valence-electron chi connectivity index (χ1n) is 2.00. The van der Waals surface area contributed by atoms with Crippen molar-refractivity contribution in [2.24, 2.45) is 0 Å². The average Bonchev–Trinajstić information content (AvgIpc) is 1.57. The number of hydrogen-bond acceptors (Lipinski definition) is 0. The first-order valence-corrected chi connectivity index (χ1v) is 10.6. The molecule has 10 heavy (non-hydrogen) atoms. The molecule has 0 heterocycles. The number of rotatable bonds is 3. The molecule has 0 spiro atoms. The van der Waals surface area contributed by atoms with Crippen LogP contribution in [0.15, 0.2) is 0 Å². The molecule has 0 aliphatic heterocycles. The fraction of sp³-hybridized carbons (Fsp3) is 1.00. The van der Waals surface area contributed by atoms with E-state index in [0.29, 0.717) is 11.5 Å². The van der Waals surface area contributed by atoms with E-state index < -0.39 is 15.3 Å². The normalized spacial score (nSPS) is 17.0. The summed E-state index contributed by atoms with van der Waals surface area (Å²) in [6, 6.07) is 0. The fourth-order valence-corrected chi connectivity index (χ4v) is 5.10. The highest BCUT2D eigenvalue weighted by Gasteiger charge is 2.20. The SMILES string of the molecule is ClS(Cl)(Cl)CCS(Cl)(Cl)Cl. The van der Waals surface area contributed by atoms with Crippen molar-refractivity contribution in [1.29, 1.82) is 0 Å². The third-order valence-electron chi connectivity index (χ3n) is 0.546. The maximum atomic E-state index is 5.49. The van der Waals surface area contributed by atoms with Gasteiger partial charge in [-0.3, -0.25) is 0 Å². The van der Waals surface area contributed by atoms with Crippen LogP contribution >= 0.6 is 79.4 Å². The van der Waals surface area contributed by atoms with E-state index in [2.05, 4.69) is 0 Å². The predicted octanol–water partition coefficient (Wildman–Crippen LogP) is 5.52. The van der Waals surface area contributed by atoms with Gasteiger partial charge in [-0.25, -0.2) is 0 Å². The van der Waals surface area contributed by atoms with Crippen LogP contribution in [0.25, 0.3) is 0 Å². The molecule has 0 unspecified atom stereocenters. The van der Waals surface area contributed by atoms with Crippen LogP contribution in [-0.4, -0.2) is 11.5 Å². The van der Waals surface area contributed by atoms with Gasteiger partial charge in [0.1, 0.15) is 0 Å². The highest BCUT2D eigenvalue weighted by Crippen LogP contribution is 2.69. The summed E-state index contributed by atoms with van der Waals surface area (Å²) >= 11 is 0. The Bertz CT molecular complexity index is 87.3. The zero-order valence-corrected chi connectivity index (χ0v) is 10.7. The fourth-order valence-electron chi connectivity index (χ4n) is 0.189. The Balaban J connectivity index is 3.56. The van der Waals surface area contributed by atoms with Gasteiger partial charge < -0.3 is 0 Å². The Kier molecular flexibility index (Phi) is 5.74. The van der Waals surface area contributed by atoms with E-state index in [1.165, 1.54) is 0 Å². The standard InChI is InChI=1S/C2H4Cl6S2/c3-9(4,5)1-2-10(6,7)8/h1-2H2. The number of halogens is 6. The van der Waals surface area contributed by atoms with Crippen molar-refractivity contribution in [3.8, 4) is 0 Å². The third kappa shape index (κ3) is 10.4. The molecule has 0 aromatic heterocycles. The first kappa shape index (κ1) is 12.4. The zero-order valence-electron chi connectivity index (χ0n) is 4.50. The Morgan fingerprint density at radius 3 is 0.900 bits per heavy atom. The Labute approximate surface area is 90.1 Å². The van der Waals surface area contributed by atoms with Gasteiger partial charge in [-0.15, -0.1) is 0 Å². The van der Waals surface area contributed by atoms with Gasteiger partial charge >= 0.3 is 0 Å². The molecular weight excluding hydrogens is 301 g/mol. The van der Waals surface area contributed by atoms with E-state index in [-0.39, 0.29) is 0 Å². The van der Waals surface area contributed by atoms with Gasteiger partial charge in [-0.05, 0) is 79.4 Å². The van der Waals surface area contributed by atoms with Crippen LogP contribution < -0.4 is 0 Å². The molecule has 0 bridgehead atoms. The average molecular weight is 305 g/mol. The first-order chi connectivity index (χ1) is 4.21. The van der Waals surface area contributed by atoms with Crippen LogP contribution in [0.4, 0.5) is 0 Å². The summed E-state index contributed by atoms with van der Waals surface area (Å²) in [5.41, 5.74) is 0. The van der Waals surface area contributed by atoms with Crippen molar-refractivity contribution in [3.63, 3.8) is 0 Å². The highest BCUT2D eigenvalue weighted by molar-refractivity contribution is 8.81. The van der Waals surface area contributed by atoms with E-state index in [1.54, 1.807) is 0 Å². The van der Waals surface area contributed by atoms with Crippen LogP contribution in [0.5, 0.6) is 0 Å². The van der Waals surface area contributed by atoms with Crippen LogP contribution in [0, 0.1) is 0 Å². The van der Waals surface area contributed by atoms with Crippen molar-refractivity contribution in [3.05, 3.63) is 0 Å². The van der Waals surface area contributed by atoms with Gasteiger partial charge in [0, 0.05) is 11.5 Å². The van der Waals surface area contributed by atoms with Crippen LogP contribution in [0.1, 0.15) is 0 Å². The summed E-state index contributed by atoms with van der Waals surface area (Å²) in [5, 5.41) is 0. The minimum atomic E-state index is -2.07. The molecular formula is C2H4Cl6S2. The molecule has 8 heteroatoms. The van der Waals surface area contributed by atoms with Gasteiger partial charge in [-0.2, -0.15) is 0 Å². The van der Waals surface area contributed by atoms with Crippen molar-refractivity contribution < 1.29 is 0 Å². The second kappa shape index (κ2) is 4.61. The van der Waals surface area contributed by atoms with E-state index in [9.17, 15) is 0 Å². The monoisotopic (exact) mass is 302 g/mol. The quantitative estimate of drug-likeness (QED) is 0.644. The molecule has 0 saturated carbocycles. The van der Waals surface area contributed by atoms with E-state index in [1.807, 2.05) is 0 Å². The van der Waals surface area contributed by atoms with Crippen molar-refractivity contribution >= 4 is 79.4 Å². The molecule has 66 valence electrons. The molecule has 0 atom stereocenters. The minimum absolute atomic E-state index is 0.351. The van der Waals surface area contributed by atoms with Crippen molar-refractivity contribution in [2.75, 3.05) is 11.5 Å². The lowest BCUT2D eigenvalue weighted by atomic mass is 11.0. The second-order valence-electron chi connectivity index (χ2n) is 1.41. The van der Waals surface area contributed by atoms with Crippen molar-refractivity contribution in [1.82, 2.24) is 0 Å². The number of hydrogen-bond donors (Lipinski definition) is 0. The highest BCUT2D eigenvalue weighted by atomic mass is 36.2. The lowest BCUT2D eigenvalue weighted by molar-refractivity contribution is 1.57. The largest absolute Gasteiger partial charge is 0.0351 e. The molecule has 0 fully saturated rings. The summed E-state index contributed by atoms with van der Waals surface area (Å²) in [6.07, 6.45) is 0. The van der Waals surface area contributed by atoms with E-state index in [4.69, 9.17) is 64.1 Å². The summed E-state index contributed by atoms with van der Waals surface area (Å²) < 4.78 is 0. The minimum Gasteiger partial charge on any atom is -0.0351 e. The van der Waals surface area contributed by atoms with Crippen LogP contribution in [-0.2, 0) is 0 Å². The lowest BCUT2D eigenvalue weighted by Gasteiger charge is -2.20. The van der Waals surface area contributed by atoms with Gasteiger partial charge in [0.15, 0.2) is 0 Å². The molecule has 0 aliphatic rings. The Morgan fingerprint density at radius 1 is 0.600 bits per heavy atom. The van der Waals surface area contributed by atoms with E-state index >= 15 is 0 Å². The topological polar surface area (TPSA) is 0 Å². The van der Waals surface area contributed by atoms with Crippen LogP contribution in [0.2, 0.25) is 0 Å². The molecule has 0 aromatic rings. The van der Waals surface area contributed by atoms with Gasteiger partial charge in [0.2, 0.25) is 0 Å². The summed E-state index contributed by atoms with van der Waals surface area (Å²) in [6.45, 7) is 0. The molecule has 0 N–H and O–H groups in total. The Hall–Kier alpha value is 2.44. The summed E-state index contributed by atoms with van der Waals surface area (Å²) in [5.74, 6) is 0.701. The van der Waals surface area contributed by atoms with E-state index in [0.717, 1.165) is 0 Å². The zero-order chi connectivity index (χ0) is 8.41. The van der Waals surface area contributed by atoms with Gasteiger partial charge in [0.25, 0.3) is 0 Å². The van der Waals surface area contributed by atoms with Gasteiger partial charge in [-0.1, -0.05) is 0 Å². The molecule has 0 saturated heterocycles. The second-order valence-corrected chi connectivity index (χ2v) is 16.6. The summed E-state index contributed by atoms with van der Waals surface area (Å²) in [7, 11) is 28.8. The molecule has 0 nitrogen and oxygen atoms in total. The molecule has 0 aromatic carbocycles. The molecule has 0 aliphatic carbocycles. The molecule has 0 radical (unpaired) electrons. The van der Waals surface area contributed by atoms with Crippen molar-refractivity contribution in [2.45, 2.75) is 0 Å². The summed E-state index contributed by atoms with van der Waals surface area (Å²) in [4.78, 5) is 0. The molecule has 0 amide bonds. The maximum Gasteiger partial charge on any atom is 0.0273 e. The smallest absolute Gasteiger partial charge is 0.0273 e.